The summed E-state index contributed by atoms with van der Waals surface area (Å²) in [6.07, 6.45) is 3.39. The molecule has 0 unspecified atom stereocenters. The maximum atomic E-state index is 14.5. The molecule has 1 saturated carbocycles. The first-order valence-electron chi connectivity index (χ1n) is 9.18. The van der Waals surface area contributed by atoms with E-state index in [0.717, 1.165) is 24.6 Å². The molecule has 6 nitrogen and oxygen atoms in total. The second kappa shape index (κ2) is 7.90. The molecule has 146 valence electrons. The van der Waals surface area contributed by atoms with Crippen molar-refractivity contribution in [3.8, 4) is 11.3 Å². The lowest BCUT2D eigenvalue weighted by molar-refractivity contribution is 0.0583. The van der Waals surface area contributed by atoms with Gasteiger partial charge >= 0.3 is 5.97 Å². The van der Waals surface area contributed by atoms with Crippen LogP contribution in [0, 0.1) is 5.82 Å². The summed E-state index contributed by atoms with van der Waals surface area (Å²) in [7, 11) is 0.0848. The number of methoxy groups -OCH3 is 1. The lowest BCUT2D eigenvalue weighted by atomic mass is 10.1. The highest BCUT2D eigenvalue weighted by molar-refractivity contribution is 6.76. The number of carbonyl (C=O) groups excluding carboxylic acids is 1. The van der Waals surface area contributed by atoms with E-state index in [4.69, 9.17) is 9.47 Å². The van der Waals surface area contributed by atoms with Crippen molar-refractivity contribution in [1.29, 1.82) is 0 Å². The summed E-state index contributed by atoms with van der Waals surface area (Å²) >= 11 is 0. The predicted molar refractivity (Wildman–Crippen MR) is 103 cm³/mol. The summed E-state index contributed by atoms with van der Waals surface area (Å²) < 4.78 is 26.5. The minimum absolute atomic E-state index is 0.130. The van der Waals surface area contributed by atoms with Gasteiger partial charge in [-0.2, -0.15) is 5.10 Å². The van der Waals surface area contributed by atoms with Crippen LogP contribution < -0.4 is 0 Å². The first-order valence-corrected chi connectivity index (χ1v) is 12.9. The van der Waals surface area contributed by atoms with Gasteiger partial charge in [0.1, 0.15) is 6.73 Å². The second-order valence-electron chi connectivity index (χ2n) is 8.12. The zero-order valence-corrected chi connectivity index (χ0v) is 17.3. The first-order chi connectivity index (χ1) is 12.8. The fraction of sp³-hybridized carbons (Fsp3) is 0.526. The van der Waals surface area contributed by atoms with Crippen LogP contribution >= 0.6 is 0 Å². The van der Waals surface area contributed by atoms with E-state index in [2.05, 4.69) is 29.7 Å². The zero-order valence-electron chi connectivity index (χ0n) is 16.3. The van der Waals surface area contributed by atoms with Crippen molar-refractivity contribution in [1.82, 2.24) is 14.8 Å². The third-order valence-corrected chi connectivity index (χ3v) is 6.24. The first kappa shape index (κ1) is 19.7. The third-order valence-electron chi connectivity index (χ3n) is 4.53. The highest BCUT2D eigenvalue weighted by Crippen LogP contribution is 2.40. The smallest absolute Gasteiger partial charge is 0.358 e. The van der Waals surface area contributed by atoms with Gasteiger partial charge in [0.25, 0.3) is 0 Å². The highest BCUT2D eigenvalue weighted by Gasteiger charge is 2.27. The molecule has 27 heavy (non-hydrogen) atoms. The fourth-order valence-electron chi connectivity index (χ4n) is 2.72. The van der Waals surface area contributed by atoms with Crippen LogP contribution in [0.1, 0.15) is 34.9 Å². The van der Waals surface area contributed by atoms with Crippen LogP contribution in [0.2, 0.25) is 25.7 Å². The van der Waals surface area contributed by atoms with Gasteiger partial charge in [0.2, 0.25) is 0 Å². The molecule has 2 heterocycles. The number of ether oxygens (including phenoxy) is 2. The molecule has 1 aliphatic carbocycles. The Morgan fingerprint density at radius 2 is 2.07 bits per heavy atom. The lowest BCUT2D eigenvalue weighted by Crippen LogP contribution is -2.22. The van der Waals surface area contributed by atoms with Crippen molar-refractivity contribution < 1.29 is 18.7 Å². The van der Waals surface area contributed by atoms with E-state index >= 15 is 0 Å². The summed E-state index contributed by atoms with van der Waals surface area (Å²) in [5, 5.41) is 4.26. The molecule has 0 bridgehead atoms. The number of carbonyl (C=O) groups is 1. The summed E-state index contributed by atoms with van der Waals surface area (Å²) in [6, 6.07) is 4.31. The molecular weight excluding hydrogens is 365 g/mol. The van der Waals surface area contributed by atoms with Crippen LogP contribution in [0.15, 0.2) is 18.3 Å². The summed E-state index contributed by atoms with van der Waals surface area (Å²) in [5.41, 5.74) is 1.87. The van der Waals surface area contributed by atoms with Crippen molar-refractivity contribution in [3.63, 3.8) is 0 Å². The average Bonchev–Trinajstić information content (AvgIpc) is 3.38. The largest absolute Gasteiger partial charge is 0.464 e. The van der Waals surface area contributed by atoms with Gasteiger partial charge in [-0.1, -0.05) is 19.6 Å². The molecule has 3 rings (SSSR count). The summed E-state index contributed by atoms with van der Waals surface area (Å²) in [5.74, 6) is -0.609. The van der Waals surface area contributed by atoms with E-state index in [0.29, 0.717) is 23.8 Å². The molecule has 8 heteroatoms. The van der Waals surface area contributed by atoms with Crippen molar-refractivity contribution in [2.45, 2.75) is 51.2 Å². The van der Waals surface area contributed by atoms with Crippen LogP contribution in [0.25, 0.3) is 11.3 Å². The van der Waals surface area contributed by atoms with E-state index in [-0.39, 0.29) is 12.4 Å². The lowest BCUT2D eigenvalue weighted by Gasteiger charge is -2.16. The average molecular weight is 392 g/mol. The molecule has 0 aromatic carbocycles. The number of halogens is 1. The Hall–Kier alpha value is -2.06. The molecule has 0 radical (unpaired) electrons. The minimum Gasteiger partial charge on any atom is -0.464 e. The molecule has 0 atom stereocenters. The van der Waals surface area contributed by atoms with E-state index < -0.39 is 19.9 Å². The molecule has 0 aliphatic heterocycles. The second-order valence-corrected chi connectivity index (χ2v) is 13.7. The number of esters is 1. The van der Waals surface area contributed by atoms with E-state index in [9.17, 15) is 9.18 Å². The molecular formula is C19H26FN3O3Si. The van der Waals surface area contributed by atoms with Crippen LogP contribution in [0.3, 0.4) is 0 Å². The van der Waals surface area contributed by atoms with E-state index in [1.807, 2.05) is 0 Å². The summed E-state index contributed by atoms with van der Waals surface area (Å²) in [6.45, 7) is 7.58. The Morgan fingerprint density at radius 1 is 1.33 bits per heavy atom. The zero-order chi connectivity index (χ0) is 19.6. The van der Waals surface area contributed by atoms with Crippen molar-refractivity contribution in [2.75, 3.05) is 13.7 Å². The maximum absolute atomic E-state index is 14.5. The number of hydrogen-bond donors (Lipinski definition) is 0. The fourth-order valence-corrected chi connectivity index (χ4v) is 3.48. The Balaban J connectivity index is 1.87. The minimum atomic E-state index is -1.21. The van der Waals surface area contributed by atoms with Crippen LogP contribution in [0.4, 0.5) is 4.39 Å². The molecule has 0 spiro atoms. The number of pyridine rings is 1. The van der Waals surface area contributed by atoms with Gasteiger partial charge in [-0.15, -0.1) is 0 Å². The topological polar surface area (TPSA) is 66.2 Å². The number of rotatable bonds is 8. The molecule has 0 amide bonds. The number of nitrogens with zero attached hydrogens (tertiary/aromatic N) is 3. The summed E-state index contributed by atoms with van der Waals surface area (Å²) in [4.78, 5) is 16.1. The molecule has 1 fully saturated rings. The highest BCUT2D eigenvalue weighted by atomic mass is 28.3. The molecule has 0 N–H and O–H groups in total. The normalized spacial score (nSPS) is 14.4. The Morgan fingerprint density at radius 3 is 2.70 bits per heavy atom. The van der Waals surface area contributed by atoms with Gasteiger partial charge in [-0.25, -0.2) is 13.9 Å². The maximum Gasteiger partial charge on any atom is 0.358 e. The van der Waals surface area contributed by atoms with Gasteiger partial charge in [0.15, 0.2) is 11.5 Å². The Bertz CT molecular complexity index is 828. The molecule has 1 aliphatic rings. The van der Waals surface area contributed by atoms with E-state index in [1.54, 1.807) is 12.1 Å². The van der Waals surface area contributed by atoms with Gasteiger partial charge in [0, 0.05) is 31.9 Å². The van der Waals surface area contributed by atoms with Gasteiger partial charge < -0.3 is 9.47 Å². The standard InChI is InChI=1S/C19H26FN3O3Si/c1-25-19(24)17-10-18(23(22-17)12-26-7-8-27(2,3)4)14-9-16(13-5-6-13)21-11-15(14)20/h9-11,13H,5-8,12H2,1-4H3. The Labute approximate surface area is 159 Å². The van der Waals surface area contributed by atoms with Crippen molar-refractivity contribution in [3.05, 3.63) is 35.5 Å². The van der Waals surface area contributed by atoms with Crippen molar-refractivity contribution >= 4 is 14.0 Å². The van der Waals surface area contributed by atoms with E-state index in [1.165, 1.54) is 18.0 Å². The van der Waals surface area contributed by atoms with Crippen LogP contribution in [0.5, 0.6) is 0 Å². The number of hydrogen-bond acceptors (Lipinski definition) is 5. The molecule has 0 saturated heterocycles. The van der Waals surface area contributed by atoms with Crippen LogP contribution in [-0.2, 0) is 16.2 Å². The van der Waals surface area contributed by atoms with Gasteiger partial charge in [0.05, 0.1) is 19.0 Å². The SMILES string of the molecule is COC(=O)c1cc(-c2cc(C3CC3)ncc2F)n(COCC[Si](C)(C)C)n1. The quantitative estimate of drug-likeness (QED) is 0.386. The predicted octanol–water partition coefficient (Wildman–Crippen LogP) is 4.06. The monoisotopic (exact) mass is 391 g/mol. The van der Waals surface area contributed by atoms with Gasteiger partial charge in [-0.3, -0.25) is 4.98 Å². The number of aromatic nitrogens is 3. The molecule has 2 aromatic rings. The third kappa shape index (κ3) is 5.01. The molecule has 2 aromatic heterocycles. The Kier molecular flexibility index (Phi) is 5.76. The van der Waals surface area contributed by atoms with Crippen molar-refractivity contribution in [2.24, 2.45) is 0 Å². The van der Waals surface area contributed by atoms with Crippen LogP contribution in [-0.4, -0.2) is 42.5 Å². The van der Waals surface area contributed by atoms with Gasteiger partial charge in [-0.05, 0) is 31.0 Å².